The third kappa shape index (κ3) is 6.08. The summed E-state index contributed by atoms with van der Waals surface area (Å²) >= 11 is 0. The molecule has 0 aromatic heterocycles. The van der Waals surface area contributed by atoms with Crippen LogP contribution in [0.5, 0.6) is 0 Å². The highest BCUT2D eigenvalue weighted by molar-refractivity contribution is 5.98. The van der Waals surface area contributed by atoms with Crippen molar-refractivity contribution in [3.05, 3.63) is 35.4 Å². The van der Waals surface area contributed by atoms with E-state index in [1.54, 1.807) is 12.1 Å². The second-order valence-electron chi connectivity index (χ2n) is 5.85. The molecule has 1 amide bonds. The van der Waals surface area contributed by atoms with Gasteiger partial charge >= 0.3 is 5.97 Å². The maximum atomic E-state index is 12.0. The zero-order valence-corrected chi connectivity index (χ0v) is 13.3. The molecule has 0 fully saturated rings. The van der Waals surface area contributed by atoms with Gasteiger partial charge in [-0.1, -0.05) is 38.1 Å². The molecule has 0 aliphatic rings. The standard InChI is InChI=1S/C17H23NO4/c1-11(2)10-13-4-6-14(7-5-13)15(19)8-9-16(20)18-12(3)17(21)22/h4-7,11-12H,8-10H2,1-3H3,(H,18,20)(H,21,22)/t12-/m1/s1. The monoisotopic (exact) mass is 305 g/mol. The predicted molar refractivity (Wildman–Crippen MR) is 83.8 cm³/mol. The highest BCUT2D eigenvalue weighted by Gasteiger charge is 2.15. The maximum Gasteiger partial charge on any atom is 0.325 e. The fourth-order valence-electron chi connectivity index (χ4n) is 2.04. The number of carboxylic acids is 1. The first-order valence-corrected chi connectivity index (χ1v) is 7.44. The molecule has 0 heterocycles. The van der Waals surface area contributed by atoms with E-state index in [1.165, 1.54) is 12.5 Å². The Morgan fingerprint density at radius 1 is 1.05 bits per heavy atom. The van der Waals surface area contributed by atoms with Crippen molar-refractivity contribution in [1.82, 2.24) is 5.32 Å². The number of carbonyl (C=O) groups is 3. The Hall–Kier alpha value is -2.17. The summed E-state index contributed by atoms with van der Waals surface area (Å²) in [5.74, 6) is -1.09. The van der Waals surface area contributed by atoms with Crippen LogP contribution >= 0.6 is 0 Å². The highest BCUT2D eigenvalue weighted by Crippen LogP contribution is 2.12. The topological polar surface area (TPSA) is 83.5 Å². The number of hydrogen-bond donors (Lipinski definition) is 2. The number of ketones is 1. The van der Waals surface area contributed by atoms with Gasteiger partial charge in [0.25, 0.3) is 0 Å². The molecule has 0 unspecified atom stereocenters. The van der Waals surface area contributed by atoms with E-state index in [9.17, 15) is 14.4 Å². The average molecular weight is 305 g/mol. The number of carbonyl (C=O) groups excluding carboxylic acids is 2. The number of benzene rings is 1. The van der Waals surface area contributed by atoms with Crippen LogP contribution in [0.25, 0.3) is 0 Å². The first kappa shape index (κ1) is 17.9. The van der Waals surface area contributed by atoms with Crippen LogP contribution in [0, 0.1) is 5.92 Å². The van der Waals surface area contributed by atoms with Crippen molar-refractivity contribution >= 4 is 17.7 Å². The minimum Gasteiger partial charge on any atom is -0.480 e. The van der Waals surface area contributed by atoms with Crippen LogP contribution in [0.15, 0.2) is 24.3 Å². The van der Waals surface area contributed by atoms with Gasteiger partial charge < -0.3 is 10.4 Å². The Balaban J connectivity index is 2.48. The summed E-state index contributed by atoms with van der Waals surface area (Å²) in [5.41, 5.74) is 1.76. The molecule has 5 heteroatoms. The van der Waals surface area contributed by atoms with Gasteiger partial charge in [0.15, 0.2) is 5.78 Å². The lowest BCUT2D eigenvalue weighted by atomic mass is 9.99. The largest absolute Gasteiger partial charge is 0.480 e. The van der Waals surface area contributed by atoms with E-state index in [1.807, 2.05) is 12.1 Å². The molecule has 0 radical (unpaired) electrons. The van der Waals surface area contributed by atoms with Gasteiger partial charge in [-0.3, -0.25) is 14.4 Å². The van der Waals surface area contributed by atoms with Gasteiger partial charge in [-0.15, -0.1) is 0 Å². The van der Waals surface area contributed by atoms with Gasteiger partial charge in [-0.25, -0.2) is 0 Å². The van der Waals surface area contributed by atoms with E-state index >= 15 is 0 Å². The summed E-state index contributed by atoms with van der Waals surface area (Å²) in [6, 6.07) is 6.47. The number of amides is 1. The van der Waals surface area contributed by atoms with Crippen LogP contribution in [0.2, 0.25) is 0 Å². The fraction of sp³-hybridized carbons (Fsp3) is 0.471. The normalized spacial score (nSPS) is 12.0. The van der Waals surface area contributed by atoms with Gasteiger partial charge in [0.05, 0.1) is 0 Å². The van der Waals surface area contributed by atoms with Gasteiger partial charge in [0, 0.05) is 18.4 Å². The van der Waals surface area contributed by atoms with E-state index in [-0.39, 0.29) is 18.6 Å². The number of carboxylic acid groups (broad SMARTS) is 1. The molecule has 0 bridgehead atoms. The highest BCUT2D eigenvalue weighted by atomic mass is 16.4. The molecule has 0 saturated carbocycles. The van der Waals surface area contributed by atoms with Crippen molar-refractivity contribution in [2.75, 3.05) is 0 Å². The number of Topliss-reactive ketones (excluding diaryl/α,β-unsaturated/α-hetero) is 1. The van der Waals surface area contributed by atoms with E-state index in [0.717, 1.165) is 6.42 Å². The predicted octanol–water partition coefficient (Wildman–Crippen LogP) is 2.44. The molecule has 2 N–H and O–H groups in total. The van der Waals surface area contributed by atoms with E-state index in [4.69, 9.17) is 5.11 Å². The van der Waals surface area contributed by atoms with Crippen molar-refractivity contribution in [3.63, 3.8) is 0 Å². The number of aliphatic carboxylic acids is 1. The van der Waals surface area contributed by atoms with Crippen LogP contribution < -0.4 is 5.32 Å². The Kier molecular flexibility index (Phi) is 6.76. The zero-order chi connectivity index (χ0) is 16.7. The Bertz CT molecular complexity index is 534. The van der Waals surface area contributed by atoms with Gasteiger partial charge in [0.1, 0.15) is 6.04 Å². The van der Waals surface area contributed by atoms with Gasteiger partial charge in [0.2, 0.25) is 5.91 Å². The van der Waals surface area contributed by atoms with Crippen LogP contribution in [0.1, 0.15) is 49.5 Å². The van der Waals surface area contributed by atoms with E-state index in [0.29, 0.717) is 11.5 Å². The number of hydrogen-bond acceptors (Lipinski definition) is 3. The minimum atomic E-state index is -1.10. The summed E-state index contributed by atoms with van der Waals surface area (Å²) in [5, 5.41) is 11.0. The molecule has 0 saturated heterocycles. The molecule has 1 atom stereocenters. The van der Waals surface area contributed by atoms with Crippen molar-refractivity contribution < 1.29 is 19.5 Å². The first-order valence-electron chi connectivity index (χ1n) is 7.44. The van der Waals surface area contributed by atoms with Crippen LogP contribution in [0.3, 0.4) is 0 Å². The third-order valence-electron chi connectivity index (χ3n) is 3.25. The molecular weight excluding hydrogens is 282 g/mol. The molecule has 0 spiro atoms. The molecule has 1 rings (SSSR count). The molecule has 22 heavy (non-hydrogen) atoms. The molecule has 1 aromatic rings. The molecule has 0 aliphatic heterocycles. The molecule has 5 nitrogen and oxygen atoms in total. The van der Waals surface area contributed by atoms with Crippen LogP contribution in [-0.2, 0) is 16.0 Å². The average Bonchev–Trinajstić information content (AvgIpc) is 2.44. The Morgan fingerprint density at radius 3 is 2.14 bits per heavy atom. The SMILES string of the molecule is CC(C)Cc1ccc(C(=O)CCC(=O)N[C@H](C)C(=O)O)cc1. The van der Waals surface area contributed by atoms with Gasteiger partial charge in [-0.05, 0) is 24.8 Å². The van der Waals surface area contributed by atoms with Crippen molar-refractivity contribution in [1.29, 1.82) is 0 Å². The zero-order valence-electron chi connectivity index (χ0n) is 13.3. The molecular formula is C17H23NO4. The lowest BCUT2D eigenvalue weighted by Crippen LogP contribution is -2.38. The Labute approximate surface area is 130 Å². The second kappa shape index (κ2) is 8.32. The van der Waals surface area contributed by atoms with E-state index < -0.39 is 17.9 Å². The van der Waals surface area contributed by atoms with Gasteiger partial charge in [-0.2, -0.15) is 0 Å². The van der Waals surface area contributed by atoms with E-state index in [2.05, 4.69) is 19.2 Å². The lowest BCUT2D eigenvalue weighted by molar-refractivity contribution is -0.141. The summed E-state index contributed by atoms with van der Waals surface area (Å²) in [6.07, 6.45) is 1.02. The Morgan fingerprint density at radius 2 is 1.64 bits per heavy atom. The minimum absolute atomic E-state index is 0.00972. The van der Waals surface area contributed by atoms with Crippen LogP contribution in [-0.4, -0.2) is 28.8 Å². The summed E-state index contributed by atoms with van der Waals surface area (Å²) < 4.78 is 0. The first-order chi connectivity index (χ1) is 10.3. The third-order valence-corrected chi connectivity index (χ3v) is 3.25. The molecule has 0 aliphatic carbocycles. The number of rotatable bonds is 8. The summed E-state index contributed by atoms with van der Waals surface area (Å²) in [4.78, 5) is 34.2. The lowest BCUT2D eigenvalue weighted by Gasteiger charge is -2.09. The fourth-order valence-corrected chi connectivity index (χ4v) is 2.04. The quantitative estimate of drug-likeness (QED) is 0.723. The van der Waals surface area contributed by atoms with Crippen molar-refractivity contribution in [2.45, 2.75) is 46.1 Å². The number of nitrogens with one attached hydrogen (secondary N) is 1. The summed E-state index contributed by atoms with van der Waals surface area (Å²) in [6.45, 7) is 5.65. The van der Waals surface area contributed by atoms with Crippen molar-refractivity contribution in [2.24, 2.45) is 5.92 Å². The molecule has 1 aromatic carbocycles. The van der Waals surface area contributed by atoms with Crippen LogP contribution in [0.4, 0.5) is 0 Å². The molecule has 120 valence electrons. The smallest absolute Gasteiger partial charge is 0.325 e. The summed E-state index contributed by atoms with van der Waals surface area (Å²) in [7, 11) is 0. The maximum absolute atomic E-state index is 12.0. The van der Waals surface area contributed by atoms with Crippen molar-refractivity contribution in [3.8, 4) is 0 Å². The second-order valence-corrected chi connectivity index (χ2v) is 5.85.